The zero-order chi connectivity index (χ0) is 49.6. The first-order valence-electron chi connectivity index (χ1n) is 21.9. The summed E-state index contributed by atoms with van der Waals surface area (Å²) in [5.74, 6) is -4.44. The topological polar surface area (TPSA) is 260 Å². The molecule has 4 rings (SSSR count). The van der Waals surface area contributed by atoms with E-state index in [2.05, 4.69) is 21.7 Å². The number of unbranched alkanes of at least 4 members (excludes halogenated alkanes) is 2. The van der Waals surface area contributed by atoms with Crippen LogP contribution in [-0.4, -0.2) is 117 Å². The molecule has 19 nitrogen and oxygen atoms in total. The summed E-state index contributed by atoms with van der Waals surface area (Å²) >= 11 is 0. The highest BCUT2D eigenvalue weighted by molar-refractivity contribution is 7.62. The maximum atomic E-state index is 14.4. The summed E-state index contributed by atoms with van der Waals surface area (Å²) in [5.41, 5.74) is 9.27. The maximum absolute atomic E-state index is 14.4. The van der Waals surface area contributed by atoms with E-state index in [0.717, 1.165) is 61.0 Å². The van der Waals surface area contributed by atoms with Crippen molar-refractivity contribution in [2.75, 3.05) is 71.7 Å². The summed E-state index contributed by atoms with van der Waals surface area (Å²) < 4.78 is 61.2. The molecule has 0 saturated heterocycles. The van der Waals surface area contributed by atoms with Crippen LogP contribution >= 0.6 is 15.2 Å². The van der Waals surface area contributed by atoms with Gasteiger partial charge >= 0.3 is 39.1 Å². The number of esters is 2. The Morgan fingerprint density at radius 1 is 0.776 bits per heavy atom. The number of aliphatic carboxylic acids is 2. The predicted octanol–water partition coefficient (Wildman–Crippen LogP) is 5.12. The van der Waals surface area contributed by atoms with Gasteiger partial charge in [-0.25, -0.2) is 19.2 Å². The lowest BCUT2D eigenvalue weighted by Crippen LogP contribution is -2.29. The lowest BCUT2D eigenvalue weighted by molar-refractivity contribution is -0.433. The number of carboxylic acids is 2. The number of hydrogen-bond acceptors (Lipinski definition) is 15. The molecule has 2 aliphatic rings. The molecule has 366 valence electrons. The zero-order valence-corrected chi connectivity index (χ0v) is 40.9. The molecule has 21 heteroatoms. The fraction of sp³-hybridized carbons (Fsp3) is 0.478. The molecule has 1 unspecified atom stereocenters. The third-order valence-electron chi connectivity index (χ3n) is 11.5. The third kappa shape index (κ3) is 13.3. The van der Waals surface area contributed by atoms with Crippen LogP contribution in [0.1, 0.15) is 77.8 Å². The Labute approximate surface area is 391 Å². The molecule has 0 aliphatic carbocycles. The fourth-order valence-electron chi connectivity index (χ4n) is 8.13. The first-order chi connectivity index (χ1) is 31.7. The molecule has 0 aromatic heterocycles. The van der Waals surface area contributed by atoms with Gasteiger partial charge in [-0.3, -0.25) is 32.0 Å². The summed E-state index contributed by atoms with van der Waals surface area (Å²) in [5, 5.41) is 21.4. The summed E-state index contributed by atoms with van der Waals surface area (Å²) in [6.07, 6.45) is 12.8. The van der Waals surface area contributed by atoms with E-state index in [9.17, 15) is 43.3 Å². The zero-order valence-electron chi connectivity index (χ0n) is 39.1. The number of fused-ring (bicyclic) bond motifs is 2. The SMILES string of the molecule is CCN1C(=CC=CC=CC2=[N+](CC)c3ccc(P(=O)(OCC(=O)O)OCC(=O)O)cc3C2(C)C)C(C)(CCCCCC(=O)NCCN)c2cc(P(=O)(OCC(=O)OC)OCC(=O)OC)ccc21. The maximum Gasteiger partial charge on any atom is 0.362 e. The molecular formula is C46H63N4O15P2+. The molecule has 2 aliphatic heterocycles. The number of carbonyl (C=O) groups is 5. The number of amides is 1. The van der Waals surface area contributed by atoms with E-state index in [-0.39, 0.29) is 16.5 Å². The molecule has 0 fully saturated rings. The predicted molar refractivity (Wildman–Crippen MR) is 251 cm³/mol. The van der Waals surface area contributed by atoms with Gasteiger partial charge in [-0.15, -0.1) is 0 Å². The first-order valence-corrected chi connectivity index (χ1v) is 24.9. The van der Waals surface area contributed by atoms with Crippen molar-refractivity contribution < 1.29 is 75.5 Å². The molecule has 0 bridgehead atoms. The molecule has 0 spiro atoms. The van der Waals surface area contributed by atoms with Crippen molar-refractivity contribution in [1.29, 1.82) is 0 Å². The number of carbonyl (C=O) groups excluding carboxylic acids is 3. The van der Waals surface area contributed by atoms with Crippen LogP contribution in [0.5, 0.6) is 0 Å². The number of ether oxygens (including phenoxy) is 2. The van der Waals surface area contributed by atoms with Gasteiger partial charge in [-0.2, -0.15) is 4.58 Å². The fourth-order valence-corrected chi connectivity index (χ4v) is 11.1. The number of nitrogens with zero attached hydrogens (tertiary/aromatic N) is 2. The second kappa shape index (κ2) is 24.2. The van der Waals surface area contributed by atoms with Crippen molar-refractivity contribution in [1.82, 2.24) is 5.32 Å². The minimum Gasteiger partial charge on any atom is -0.480 e. The second-order valence-electron chi connectivity index (χ2n) is 16.3. The van der Waals surface area contributed by atoms with Crippen molar-refractivity contribution in [2.45, 2.75) is 77.6 Å². The number of benzene rings is 2. The first kappa shape index (κ1) is 54.3. The number of carboxylic acid groups (broad SMARTS) is 2. The number of likely N-dealkylation sites (N-methyl/N-ethyl adjacent to an activating group) is 1. The molecule has 1 atom stereocenters. The van der Waals surface area contributed by atoms with Crippen LogP contribution in [0.25, 0.3) is 0 Å². The Balaban J connectivity index is 1.71. The van der Waals surface area contributed by atoms with Crippen molar-refractivity contribution in [3.8, 4) is 0 Å². The standard InChI is InChI=1S/C46H62N4O15P2/c1-8-49-36-21-19-32(66(58,62-28-41(52)53)63-29-42(54)55)26-34(36)45(3,4)38(49)16-12-10-13-17-39-46(5,23-15-11-14-18-40(51)48-25-24-47)35-27-33(20-22-37(35)50(39)9-2)67(59,64-30-43(56)60-6)65-31-44(57)61-7/h10,12-13,16-17,19-22,26-27H,8-9,11,14-15,18,23-25,28-31,47H2,1-7H3,(H2-,48,51,52,53,54,55)/p+1. The van der Waals surface area contributed by atoms with Crippen LogP contribution in [0.4, 0.5) is 11.4 Å². The monoisotopic (exact) mass is 973 g/mol. The van der Waals surface area contributed by atoms with Gasteiger partial charge < -0.3 is 35.6 Å². The molecule has 2 heterocycles. The van der Waals surface area contributed by atoms with Crippen LogP contribution in [0.15, 0.2) is 72.5 Å². The summed E-state index contributed by atoms with van der Waals surface area (Å²) in [4.78, 5) is 61.3. The normalized spacial score (nSPS) is 17.3. The lowest BCUT2D eigenvalue weighted by atomic mass is 9.77. The Morgan fingerprint density at radius 3 is 1.88 bits per heavy atom. The number of allylic oxidation sites excluding steroid dienone is 6. The number of nitrogens with two attached hydrogens (primary N) is 1. The molecule has 0 saturated carbocycles. The summed E-state index contributed by atoms with van der Waals surface area (Å²) in [6.45, 7) is 8.66. The van der Waals surface area contributed by atoms with E-state index in [1.807, 2.05) is 64.1 Å². The van der Waals surface area contributed by atoms with Crippen molar-refractivity contribution in [2.24, 2.45) is 5.73 Å². The number of methoxy groups -OCH3 is 2. The van der Waals surface area contributed by atoms with E-state index in [0.29, 0.717) is 45.4 Å². The van der Waals surface area contributed by atoms with Crippen LogP contribution in [0.3, 0.4) is 0 Å². The van der Waals surface area contributed by atoms with E-state index < -0.39 is 76.3 Å². The van der Waals surface area contributed by atoms with E-state index in [1.54, 1.807) is 24.3 Å². The van der Waals surface area contributed by atoms with E-state index in [1.165, 1.54) is 6.07 Å². The van der Waals surface area contributed by atoms with Crippen LogP contribution in [0.2, 0.25) is 0 Å². The van der Waals surface area contributed by atoms with Gasteiger partial charge in [0.25, 0.3) is 0 Å². The quantitative estimate of drug-likeness (QED) is 0.0298. The third-order valence-corrected chi connectivity index (χ3v) is 15.2. The number of hydrogen-bond donors (Lipinski definition) is 4. The van der Waals surface area contributed by atoms with Gasteiger partial charge in [0.15, 0.2) is 32.1 Å². The Kier molecular flexibility index (Phi) is 19.6. The Morgan fingerprint density at radius 2 is 1.34 bits per heavy atom. The minimum atomic E-state index is -4.35. The smallest absolute Gasteiger partial charge is 0.362 e. The van der Waals surface area contributed by atoms with E-state index in [4.69, 9.17) is 33.3 Å². The number of anilines is 1. The highest BCUT2D eigenvalue weighted by Gasteiger charge is 2.46. The molecule has 1 amide bonds. The Hall–Kier alpha value is -5.26. The summed E-state index contributed by atoms with van der Waals surface area (Å²) in [6, 6.07) is 9.96. The molecule has 2 aromatic carbocycles. The van der Waals surface area contributed by atoms with Gasteiger partial charge in [0, 0.05) is 60.6 Å². The van der Waals surface area contributed by atoms with Gasteiger partial charge in [0.2, 0.25) is 11.6 Å². The van der Waals surface area contributed by atoms with Gasteiger partial charge in [0.1, 0.15) is 6.54 Å². The largest absolute Gasteiger partial charge is 0.480 e. The van der Waals surface area contributed by atoms with Crippen LogP contribution < -0.4 is 26.6 Å². The molecule has 0 radical (unpaired) electrons. The highest BCUT2D eigenvalue weighted by atomic mass is 31.2. The number of rotatable bonds is 27. The molecular weight excluding hydrogens is 910 g/mol. The lowest BCUT2D eigenvalue weighted by Gasteiger charge is -2.30. The van der Waals surface area contributed by atoms with E-state index >= 15 is 0 Å². The molecule has 67 heavy (non-hydrogen) atoms. The second-order valence-corrected chi connectivity index (χ2v) is 20.3. The number of nitrogens with one attached hydrogen (secondary N) is 1. The average Bonchev–Trinajstić information content (AvgIpc) is 3.68. The van der Waals surface area contributed by atoms with Crippen LogP contribution in [-0.2, 0) is 71.5 Å². The van der Waals surface area contributed by atoms with Gasteiger partial charge in [-0.05, 0) is 89.4 Å². The van der Waals surface area contributed by atoms with Crippen molar-refractivity contribution in [3.05, 3.63) is 83.6 Å². The van der Waals surface area contributed by atoms with Crippen LogP contribution in [0, 0.1) is 0 Å². The van der Waals surface area contributed by atoms with Crippen molar-refractivity contribution in [3.63, 3.8) is 0 Å². The van der Waals surface area contributed by atoms with Crippen molar-refractivity contribution >= 4 is 72.7 Å². The van der Waals surface area contributed by atoms with Gasteiger partial charge in [0.05, 0.1) is 30.2 Å². The summed E-state index contributed by atoms with van der Waals surface area (Å²) in [7, 11) is -6.32. The minimum absolute atomic E-state index is 0.0288. The molecule has 5 N–H and O–H groups in total. The molecule has 2 aromatic rings. The Bertz CT molecular complexity index is 2350. The average molecular weight is 974 g/mol. The highest BCUT2D eigenvalue weighted by Crippen LogP contribution is 2.54. The van der Waals surface area contributed by atoms with Gasteiger partial charge in [-0.1, -0.05) is 31.1 Å².